The van der Waals surface area contributed by atoms with Crippen molar-refractivity contribution < 1.29 is 9.32 Å². The van der Waals surface area contributed by atoms with E-state index >= 15 is 0 Å². The van der Waals surface area contributed by atoms with Gasteiger partial charge in [0.15, 0.2) is 5.82 Å². The maximum atomic E-state index is 12.5. The molecule has 0 spiro atoms. The standard InChI is InChI=1S/C19H29N3O2/c1-12-4-17(21-24-12)20-18(23)13(2)22(3)11-19-8-14-5-15(9-19)7-16(6-14)10-19/h4,13-16H,5-11H2,1-3H3,(H,20,21,23)/t13-,14?,15?,16?,19?/m1/s1. The van der Waals surface area contributed by atoms with E-state index in [1.165, 1.54) is 38.5 Å². The summed E-state index contributed by atoms with van der Waals surface area (Å²) in [5, 5.41) is 6.72. The highest BCUT2D eigenvalue weighted by Crippen LogP contribution is 2.60. The molecule has 0 aromatic carbocycles. The minimum absolute atomic E-state index is 0.00414. The smallest absolute Gasteiger partial charge is 0.242 e. The number of anilines is 1. The van der Waals surface area contributed by atoms with Crippen LogP contribution in [0.4, 0.5) is 5.82 Å². The van der Waals surface area contributed by atoms with Gasteiger partial charge in [-0.25, -0.2) is 0 Å². The molecule has 5 rings (SSSR count). The predicted octanol–water partition coefficient (Wildman–Crippen LogP) is 3.46. The normalized spacial score (nSPS) is 35.4. The summed E-state index contributed by atoms with van der Waals surface area (Å²) in [7, 11) is 2.09. The number of aryl methyl sites for hydroxylation is 1. The molecule has 1 atom stereocenters. The number of carbonyl (C=O) groups excluding carboxylic acids is 1. The van der Waals surface area contributed by atoms with Crippen molar-refractivity contribution in [3.63, 3.8) is 0 Å². The van der Waals surface area contributed by atoms with Gasteiger partial charge in [-0.3, -0.25) is 9.69 Å². The molecule has 132 valence electrons. The average Bonchev–Trinajstić information content (AvgIpc) is 2.89. The van der Waals surface area contributed by atoms with Gasteiger partial charge >= 0.3 is 0 Å². The summed E-state index contributed by atoms with van der Waals surface area (Å²) < 4.78 is 5.02. The fourth-order valence-corrected chi connectivity index (χ4v) is 6.01. The van der Waals surface area contributed by atoms with Crippen molar-refractivity contribution in [3.05, 3.63) is 11.8 Å². The number of nitrogens with one attached hydrogen (secondary N) is 1. The summed E-state index contributed by atoms with van der Waals surface area (Å²) in [6, 6.07) is 1.60. The van der Waals surface area contributed by atoms with E-state index in [0.29, 0.717) is 17.0 Å². The Hall–Kier alpha value is -1.36. The molecule has 4 fully saturated rings. The first-order valence-electron chi connectivity index (χ1n) is 9.37. The van der Waals surface area contributed by atoms with Crippen molar-refractivity contribution in [2.45, 2.75) is 58.4 Å². The van der Waals surface area contributed by atoms with Crippen LogP contribution >= 0.6 is 0 Å². The molecule has 24 heavy (non-hydrogen) atoms. The molecule has 4 aliphatic rings. The van der Waals surface area contributed by atoms with Crippen molar-refractivity contribution in [2.24, 2.45) is 23.2 Å². The summed E-state index contributed by atoms with van der Waals surface area (Å²) in [6.07, 6.45) is 8.51. The van der Waals surface area contributed by atoms with Gasteiger partial charge in [0.05, 0.1) is 6.04 Å². The Labute approximate surface area is 144 Å². The Kier molecular flexibility index (Phi) is 3.94. The molecular formula is C19H29N3O2. The second-order valence-electron chi connectivity index (χ2n) is 8.82. The summed E-state index contributed by atoms with van der Waals surface area (Å²) in [5.74, 6) is 4.06. The first-order chi connectivity index (χ1) is 11.4. The Morgan fingerprint density at radius 1 is 1.33 bits per heavy atom. The van der Waals surface area contributed by atoms with Crippen LogP contribution in [0.1, 0.15) is 51.2 Å². The summed E-state index contributed by atoms with van der Waals surface area (Å²) in [4.78, 5) is 14.8. The molecule has 4 saturated carbocycles. The van der Waals surface area contributed by atoms with Gasteiger partial charge in [-0.1, -0.05) is 5.16 Å². The second-order valence-corrected chi connectivity index (χ2v) is 8.82. The van der Waals surface area contributed by atoms with Crippen LogP contribution in [0.25, 0.3) is 0 Å². The molecule has 1 aromatic rings. The van der Waals surface area contributed by atoms with Crippen LogP contribution in [0.2, 0.25) is 0 Å². The van der Waals surface area contributed by atoms with Gasteiger partial charge in [0, 0.05) is 12.6 Å². The Morgan fingerprint density at radius 2 is 1.92 bits per heavy atom. The van der Waals surface area contributed by atoms with Crippen LogP contribution in [0.5, 0.6) is 0 Å². The Balaban J connectivity index is 1.38. The fourth-order valence-electron chi connectivity index (χ4n) is 6.01. The summed E-state index contributed by atoms with van der Waals surface area (Å²) in [6.45, 7) is 4.86. The van der Waals surface area contributed by atoms with Crippen LogP contribution < -0.4 is 5.32 Å². The minimum atomic E-state index is -0.157. The summed E-state index contributed by atoms with van der Waals surface area (Å²) in [5.41, 5.74) is 0.461. The Morgan fingerprint density at radius 3 is 2.42 bits per heavy atom. The number of likely N-dealkylation sites (N-methyl/N-ethyl adjacent to an activating group) is 1. The number of carbonyl (C=O) groups is 1. The highest BCUT2D eigenvalue weighted by molar-refractivity contribution is 5.93. The predicted molar refractivity (Wildman–Crippen MR) is 92.6 cm³/mol. The van der Waals surface area contributed by atoms with Gasteiger partial charge in [0.25, 0.3) is 0 Å². The van der Waals surface area contributed by atoms with E-state index in [1.54, 1.807) is 6.07 Å². The van der Waals surface area contributed by atoms with Crippen molar-refractivity contribution in [3.8, 4) is 0 Å². The molecule has 1 aromatic heterocycles. The van der Waals surface area contributed by atoms with Crippen LogP contribution in [0.15, 0.2) is 10.6 Å². The van der Waals surface area contributed by atoms with Crippen LogP contribution in [-0.2, 0) is 4.79 Å². The molecule has 4 bridgehead atoms. The molecule has 0 saturated heterocycles. The van der Waals surface area contributed by atoms with Crippen LogP contribution in [0, 0.1) is 30.1 Å². The number of nitrogens with zero attached hydrogens (tertiary/aromatic N) is 2. The number of hydrogen-bond acceptors (Lipinski definition) is 4. The Bertz CT molecular complexity index is 589. The molecule has 1 amide bonds. The number of rotatable bonds is 5. The molecule has 4 aliphatic carbocycles. The number of amides is 1. The molecule has 5 heteroatoms. The van der Waals surface area contributed by atoms with E-state index in [0.717, 1.165) is 24.3 Å². The van der Waals surface area contributed by atoms with Gasteiger partial charge in [-0.2, -0.15) is 0 Å². The second kappa shape index (κ2) is 5.87. The molecule has 1 heterocycles. The molecule has 5 nitrogen and oxygen atoms in total. The van der Waals surface area contributed by atoms with Crippen molar-refractivity contribution >= 4 is 11.7 Å². The van der Waals surface area contributed by atoms with Gasteiger partial charge < -0.3 is 9.84 Å². The number of aromatic nitrogens is 1. The molecule has 0 unspecified atom stereocenters. The van der Waals surface area contributed by atoms with E-state index in [9.17, 15) is 4.79 Å². The molecular weight excluding hydrogens is 302 g/mol. The fraction of sp³-hybridized carbons (Fsp3) is 0.789. The van der Waals surface area contributed by atoms with Crippen molar-refractivity contribution in [1.29, 1.82) is 0 Å². The lowest BCUT2D eigenvalue weighted by molar-refractivity contribution is -0.122. The van der Waals surface area contributed by atoms with Gasteiger partial charge in [-0.15, -0.1) is 0 Å². The lowest BCUT2D eigenvalue weighted by Gasteiger charge is -2.58. The third kappa shape index (κ3) is 2.99. The van der Waals surface area contributed by atoms with E-state index in [4.69, 9.17) is 4.52 Å². The maximum Gasteiger partial charge on any atom is 0.242 e. The first kappa shape index (κ1) is 16.1. The van der Waals surface area contributed by atoms with E-state index in [2.05, 4.69) is 22.4 Å². The first-order valence-corrected chi connectivity index (χ1v) is 9.37. The zero-order valence-corrected chi connectivity index (χ0v) is 15.0. The molecule has 0 radical (unpaired) electrons. The zero-order valence-electron chi connectivity index (χ0n) is 15.0. The van der Waals surface area contributed by atoms with Gasteiger partial charge in [0.2, 0.25) is 5.91 Å². The third-order valence-electron chi connectivity index (χ3n) is 6.67. The number of hydrogen-bond donors (Lipinski definition) is 1. The van der Waals surface area contributed by atoms with E-state index in [1.807, 2.05) is 13.8 Å². The van der Waals surface area contributed by atoms with Crippen LogP contribution in [-0.4, -0.2) is 35.6 Å². The summed E-state index contributed by atoms with van der Waals surface area (Å²) >= 11 is 0. The van der Waals surface area contributed by atoms with Crippen LogP contribution in [0.3, 0.4) is 0 Å². The monoisotopic (exact) mass is 331 g/mol. The van der Waals surface area contributed by atoms with E-state index < -0.39 is 0 Å². The topological polar surface area (TPSA) is 58.4 Å². The van der Waals surface area contributed by atoms with Gasteiger partial charge in [-0.05, 0) is 82.6 Å². The van der Waals surface area contributed by atoms with E-state index in [-0.39, 0.29) is 11.9 Å². The maximum absolute atomic E-state index is 12.5. The molecule has 1 N–H and O–H groups in total. The highest BCUT2D eigenvalue weighted by Gasteiger charge is 2.51. The lowest BCUT2D eigenvalue weighted by atomic mass is 9.49. The van der Waals surface area contributed by atoms with Gasteiger partial charge in [0.1, 0.15) is 5.76 Å². The minimum Gasteiger partial charge on any atom is -0.360 e. The zero-order chi connectivity index (χ0) is 16.9. The quantitative estimate of drug-likeness (QED) is 0.898. The SMILES string of the molecule is Cc1cc(NC(=O)[C@@H](C)N(C)CC23CC4CC(CC(C4)C2)C3)no1. The van der Waals surface area contributed by atoms with Crippen molar-refractivity contribution in [1.82, 2.24) is 10.1 Å². The largest absolute Gasteiger partial charge is 0.360 e. The lowest BCUT2D eigenvalue weighted by Crippen LogP contribution is -2.53. The third-order valence-corrected chi connectivity index (χ3v) is 6.67. The highest BCUT2D eigenvalue weighted by atomic mass is 16.5. The molecule has 0 aliphatic heterocycles. The average molecular weight is 331 g/mol. The van der Waals surface area contributed by atoms with Crippen molar-refractivity contribution in [2.75, 3.05) is 18.9 Å².